The lowest BCUT2D eigenvalue weighted by Gasteiger charge is -2.06. The molecule has 1 aromatic heterocycles. The third-order valence-electron chi connectivity index (χ3n) is 2.41. The zero-order valence-corrected chi connectivity index (χ0v) is 10.9. The zero-order valence-electron chi connectivity index (χ0n) is 10.9. The van der Waals surface area contributed by atoms with Crippen molar-refractivity contribution >= 4 is 0 Å². The minimum Gasteiger partial charge on any atom is -0.380 e. The standard InChI is InChI=1S/C11H23N5O/c1-3-5-8-17-9-7-16-11(13-14-15-16)10-12-6-4-2/h12H,3-10H2,1-2H3. The van der Waals surface area contributed by atoms with Gasteiger partial charge in [0.25, 0.3) is 0 Å². The Hall–Kier alpha value is -1.01. The van der Waals surface area contributed by atoms with Crippen molar-refractivity contribution in [2.75, 3.05) is 19.8 Å². The van der Waals surface area contributed by atoms with Crippen molar-refractivity contribution < 1.29 is 4.74 Å². The quantitative estimate of drug-likeness (QED) is 0.619. The van der Waals surface area contributed by atoms with E-state index in [1.807, 2.05) is 0 Å². The molecule has 0 aromatic carbocycles. The van der Waals surface area contributed by atoms with Gasteiger partial charge in [0.2, 0.25) is 0 Å². The number of rotatable bonds is 10. The summed E-state index contributed by atoms with van der Waals surface area (Å²) in [6.07, 6.45) is 3.39. The molecule has 6 nitrogen and oxygen atoms in total. The van der Waals surface area contributed by atoms with Gasteiger partial charge in [0.1, 0.15) is 0 Å². The van der Waals surface area contributed by atoms with Gasteiger partial charge < -0.3 is 10.1 Å². The van der Waals surface area contributed by atoms with Crippen molar-refractivity contribution in [2.24, 2.45) is 0 Å². The Balaban J connectivity index is 2.20. The molecule has 0 fully saturated rings. The summed E-state index contributed by atoms with van der Waals surface area (Å²) in [5, 5.41) is 14.9. The van der Waals surface area contributed by atoms with E-state index < -0.39 is 0 Å². The van der Waals surface area contributed by atoms with E-state index in [2.05, 4.69) is 34.7 Å². The van der Waals surface area contributed by atoms with Crippen LogP contribution in [-0.2, 0) is 17.8 Å². The first kappa shape index (κ1) is 14.1. The molecule has 0 amide bonds. The normalized spacial score (nSPS) is 10.9. The van der Waals surface area contributed by atoms with E-state index in [0.717, 1.165) is 51.3 Å². The Bertz CT molecular complexity index is 289. The van der Waals surface area contributed by atoms with Crippen LogP contribution in [-0.4, -0.2) is 40.0 Å². The third kappa shape index (κ3) is 5.74. The lowest BCUT2D eigenvalue weighted by molar-refractivity contribution is 0.120. The molecule has 0 aliphatic rings. The number of tetrazole rings is 1. The van der Waals surface area contributed by atoms with Gasteiger partial charge >= 0.3 is 0 Å². The molecule has 1 N–H and O–H groups in total. The minimum atomic E-state index is 0.672. The van der Waals surface area contributed by atoms with Crippen LogP contribution < -0.4 is 5.32 Å². The highest BCUT2D eigenvalue weighted by Gasteiger charge is 2.04. The fraction of sp³-hybridized carbons (Fsp3) is 0.909. The Kier molecular flexibility index (Phi) is 7.49. The fourth-order valence-corrected chi connectivity index (χ4v) is 1.40. The minimum absolute atomic E-state index is 0.672. The predicted molar refractivity (Wildman–Crippen MR) is 65.5 cm³/mol. The van der Waals surface area contributed by atoms with Gasteiger partial charge in [0.15, 0.2) is 5.82 Å². The highest BCUT2D eigenvalue weighted by Crippen LogP contribution is 1.93. The molecule has 0 spiro atoms. The van der Waals surface area contributed by atoms with E-state index in [1.54, 1.807) is 4.68 Å². The molecule has 0 bridgehead atoms. The molecule has 0 saturated heterocycles. The maximum atomic E-state index is 5.49. The summed E-state index contributed by atoms with van der Waals surface area (Å²) in [6, 6.07) is 0. The van der Waals surface area contributed by atoms with Gasteiger partial charge in [0.05, 0.1) is 19.7 Å². The lowest BCUT2D eigenvalue weighted by atomic mass is 10.4. The first-order valence-corrected chi connectivity index (χ1v) is 6.42. The number of hydrogen-bond donors (Lipinski definition) is 1. The van der Waals surface area contributed by atoms with Crippen molar-refractivity contribution in [1.29, 1.82) is 0 Å². The van der Waals surface area contributed by atoms with Gasteiger partial charge in [0, 0.05) is 6.61 Å². The molecular weight excluding hydrogens is 218 g/mol. The molecule has 0 saturated carbocycles. The number of aromatic nitrogens is 4. The van der Waals surface area contributed by atoms with Crippen LogP contribution >= 0.6 is 0 Å². The molecular formula is C11H23N5O. The monoisotopic (exact) mass is 241 g/mol. The van der Waals surface area contributed by atoms with Gasteiger partial charge in [-0.15, -0.1) is 5.10 Å². The second-order valence-electron chi connectivity index (χ2n) is 3.96. The molecule has 0 unspecified atom stereocenters. The van der Waals surface area contributed by atoms with Gasteiger partial charge in [-0.1, -0.05) is 20.3 Å². The molecule has 0 atom stereocenters. The second-order valence-corrected chi connectivity index (χ2v) is 3.96. The van der Waals surface area contributed by atoms with Gasteiger partial charge in [-0.25, -0.2) is 4.68 Å². The van der Waals surface area contributed by atoms with E-state index in [9.17, 15) is 0 Å². The summed E-state index contributed by atoms with van der Waals surface area (Å²) in [4.78, 5) is 0. The fourth-order valence-electron chi connectivity index (χ4n) is 1.40. The highest BCUT2D eigenvalue weighted by atomic mass is 16.5. The maximum absolute atomic E-state index is 5.49. The number of nitrogens with one attached hydrogen (secondary N) is 1. The number of ether oxygens (including phenoxy) is 1. The van der Waals surface area contributed by atoms with Crippen LogP contribution in [0.25, 0.3) is 0 Å². The summed E-state index contributed by atoms with van der Waals surface area (Å²) in [5.41, 5.74) is 0. The SMILES string of the molecule is CCCCOCCn1nnnc1CNCCC. The van der Waals surface area contributed by atoms with Crippen molar-refractivity contribution in [1.82, 2.24) is 25.5 Å². The smallest absolute Gasteiger partial charge is 0.165 e. The van der Waals surface area contributed by atoms with Crippen molar-refractivity contribution in [3.63, 3.8) is 0 Å². The van der Waals surface area contributed by atoms with E-state index >= 15 is 0 Å². The summed E-state index contributed by atoms with van der Waals surface area (Å²) >= 11 is 0. The molecule has 1 heterocycles. The number of nitrogens with zero attached hydrogens (tertiary/aromatic N) is 4. The Morgan fingerprint density at radius 2 is 2.12 bits per heavy atom. The van der Waals surface area contributed by atoms with Crippen LogP contribution in [0.2, 0.25) is 0 Å². The van der Waals surface area contributed by atoms with Crippen LogP contribution in [0.3, 0.4) is 0 Å². The Labute approximate surface area is 103 Å². The predicted octanol–water partition coefficient (Wildman–Crippen LogP) is 0.989. The van der Waals surface area contributed by atoms with Gasteiger partial charge in [-0.05, 0) is 29.8 Å². The number of unbranched alkanes of at least 4 members (excludes halogenated alkanes) is 1. The van der Waals surface area contributed by atoms with Crippen LogP contribution in [0.4, 0.5) is 0 Å². The first-order chi connectivity index (χ1) is 8.38. The van der Waals surface area contributed by atoms with E-state index in [4.69, 9.17) is 4.74 Å². The summed E-state index contributed by atoms with van der Waals surface area (Å²) in [5.74, 6) is 0.873. The van der Waals surface area contributed by atoms with Gasteiger partial charge in [-0.3, -0.25) is 0 Å². The number of hydrogen-bond acceptors (Lipinski definition) is 5. The molecule has 17 heavy (non-hydrogen) atoms. The van der Waals surface area contributed by atoms with Crippen molar-refractivity contribution in [3.8, 4) is 0 Å². The molecule has 6 heteroatoms. The van der Waals surface area contributed by atoms with E-state index in [-0.39, 0.29) is 0 Å². The van der Waals surface area contributed by atoms with Crippen molar-refractivity contribution in [2.45, 2.75) is 46.2 Å². The molecule has 1 rings (SSSR count). The van der Waals surface area contributed by atoms with Crippen LogP contribution in [0, 0.1) is 0 Å². The molecule has 98 valence electrons. The van der Waals surface area contributed by atoms with Crippen LogP contribution in [0.15, 0.2) is 0 Å². The molecule has 0 radical (unpaired) electrons. The van der Waals surface area contributed by atoms with E-state index in [1.165, 1.54) is 0 Å². The third-order valence-corrected chi connectivity index (χ3v) is 2.41. The highest BCUT2D eigenvalue weighted by molar-refractivity contribution is 4.79. The Morgan fingerprint density at radius 3 is 2.88 bits per heavy atom. The average molecular weight is 241 g/mol. The lowest BCUT2D eigenvalue weighted by Crippen LogP contribution is -2.19. The summed E-state index contributed by atoms with van der Waals surface area (Å²) < 4.78 is 7.29. The first-order valence-electron chi connectivity index (χ1n) is 6.42. The molecule has 1 aromatic rings. The summed E-state index contributed by atoms with van der Waals surface area (Å²) in [7, 11) is 0. The topological polar surface area (TPSA) is 64.9 Å². The Morgan fingerprint density at radius 1 is 1.24 bits per heavy atom. The molecule has 0 aliphatic heterocycles. The van der Waals surface area contributed by atoms with E-state index in [0.29, 0.717) is 6.61 Å². The zero-order chi connectivity index (χ0) is 12.3. The average Bonchev–Trinajstić information content (AvgIpc) is 2.77. The van der Waals surface area contributed by atoms with Gasteiger partial charge in [-0.2, -0.15) is 0 Å². The maximum Gasteiger partial charge on any atom is 0.165 e. The molecule has 0 aliphatic carbocycles. The van der Waals surface area contributed by atoms with Crippen LogP contribution in [0.1, 0.15) is 38.9 Å². The summed E-state index contributed by atoms with van der Waals surface area (Å²) in [6.45, 7) is 8.21. The van der Waals surface area contributed by atoms with Crippen molar-refractivity contribution in [3.05, 3.63) is 5.82 Å². The second kappa shape index (κ2) is 9.07. The largest absolute Gasteiger partial charge is 0.380 e. The van der Waals surface area contributed by atoms with Crippen LogP contribution in [0.5, 0.6) is 0 Å².